The Morgan fingerprint density at radius 1 is 1.29 bits per heavy atom. The van der Waals surface area contributed by atoms with Gasteiger partial charge in [-0.05, 0) is 31.0 Å². The van der Waals surface area contributed by atoms with E-state index in [4.69, 9.17) is 0 Å². The number of aryl methyl sites for hydroxylation is 1. The molecule has 78 valence electrons. The number of rotatable bonds is 4. The van der Waals surface area contributed by atoms with Gasteiger partial charge in [-0.2, -0.15) is 0 Å². The van der Waals surface area contributed by atoms with Crippen LogP contribution in [0.1, 0.15) is 19.4 Å². The standard InChI is InChI=1S/C12H19NO/c1-4-11-5-7-12(8-6-11)13(3)9-10(2)14/h5-8,10,14H,4,9H2,1-3H3. The molecule has 0 bridgehead atoms. The molecular weight excluding hydrogens is 174 g/mol. The van der Waals surface area contributed by atoms with Crippen LogP contribution in [0.25, 0.3) is 0 Å². The summed E-state index contributed by atoms with van der Waals surface area (Å²) in [6.07, 6.45) is 0.784. The van der Waals surface area contributed by atoms with Crippen molar-refractivity contribution in [3.8, 4) is 0 Å². The highest BCUT2D eigenvalue weighted by molar-refractivity contribution is 5.46. The van der Waals surface area contributed by atoms with E-state index in [9.17, 15) is 5.11 Å². The molecule has 1 atom stereocenters. The molecule has 1 unspecified atom stereocenters. The second-order valence-corrected chi connectivity index (χ2v) is 3.75. The van der Waals surface area contributed by atoms with E-state index >= 15 is 0 Å². The summed E-state index contributed by atoms with van der Waals surface area (Å²) in [5, 5.41) is 9.24. The lowest BCUT2D eigenvalue weighted by Crippen LogP contribution is -2.26. The second-order valence-electron chi connectivity index (χ2n) is 3.75. The van der Waals surface area contributed by atoms with E-state index in [1.165, 1.54) is 5.56 Å². The molecule has 1 N–H and O–H groups in total. The number of hydrogen-bond acceptors (Lipinski definition) is 2. The van der Waals surface area contributed by atoms with Crippen molar-refractivity contribution in [2.75, 3.05) is 18.5 Å². The predicted octanol–water partition coefficient (Wildman–Crippen LogP) is 2.07. The SMILES string of the molecule is CCc1ccc(N(C)CC(C)O)cc1. The van der Waals surface area contributed by atoms with Crippen molar-refractivity contribution in [1.29, 1.82) is 0 Å². The van der Waals surface area contributed by atoms with Gasteiger partial charge in [0, 0.05) is 19.3 Å². The molecule has 0 aliphatic rings. The fourth-order valence-corrected chi connectivity index (χ4v) is 1.49. The van der Waals surface area contributed by atoms with Gasteiger partial charge in [0.1, 0.15) is 0 Å². The van der Waals surface area contributed by atoms with E-state index in [-0.39, 0.29) is 6.10 Å². The fourth-order valence-electron chi connectivity index (χ4n) is 1.49. The number of aliphatic hydroxyl groups is 1. The average molecular weight is 193 g/mol. The molecule has 0 spiro atoms. The van der Waals surface area contributed by atoms with Gasteiger partial charge < -0.3 is 10.0 Å². The molecule has 14 heavy (non-hydrogen) atoms. The third-order valence-corrected chi connectivity index (χ3v) is 2.32. The van der Waals surface area contributed by atoms with Gasteiger partial charge in [0.05, 0.1) is 6.10 Å². The van der Waals surface area contributed by atoms with Gasteiger partial charge in [-0.3, -0.25) is 0 Å². The van der Waals surface area contributed by atoms with Crippen LogP contribution in [-0.2, 0) is 6.42 Å². The first kappa shape index (κ1) is 11.1. The summed E-state index contributed by atoms with van der Waals surface area (Å²) in [6.45, 7) is 4.62. The van der Waals surface area contributed by atoms with Gasteiger partial charge in [0.15, 0.2) is 0 Å². The number of anilines is 1. The minimum absolute atomic E-state index is 0.286. The minimum Gasteiger partial charge on any atom is -0.392 e. The first-order valence-electron chi connectivity index (χ1n) is 5.11. The summed E-state index contributed by atoms with van der Waals surface area (Å²) in [7, 11) is 1.99. The van der Waals surface area contributed by atoms with Crippen molar-refractivity contribution in [3.05, 3.63) is 29.8 Å². The summed E-state index contributed by atoms with van der Waals surface area (Å²) >= 11 is 0. The van der Waals surface area contributed by atoms with E-state index in [2.05, 4.69) is 36.1 Å². The van der Waals surface area contributed by atoms with Crippen LogP contribution in [0.15, 0.2) is 24.3 Å². The van der Waals surface area contributed by atoms with Gasteiger partial charge in [-0.15, -0.1) is 0 Å². The Morgan fingerprint density at radius 3 is 2.29 bits per heavy atom. The van der Waals surface area contributed by atoms with Crippen LogP contribution in [0.3, 0.4) is 0 Å². The molecular formula is C12H19NO. The smallest absolute Gasteiger partial charge is 0.0686 e. The van der Waals surface area contributed by atoms with E-state index in [1.54, 1.807) is 6.92 Å². The second kappa shape index (κ2) is 5.01. The van der Waals surface area contributed by atoms with Crippen LogP contribution in [0.4, 0.5) is 5.69 Å². The van der Waals surface area contributed by atoms with Gasteiger partial charge in [-0.1, -0.05) is 19.1 Å². The Bertz CT molecular complexity index is 266. The highest BCUT2D eigenvalue weighted by Crippen LogP contribution is 2.14. The molecule has 0 radical (unpaired) electrons. The molecule has 2 nitrogen and oxygen atoms in total. The molecule has 1 aromatic carbocycles. The highest BCUT2D eigenvalue weighted by atomic mass is 16.3. The molecule has 2 heteroatoms. The molecule has 0 amide bonds. The molecule has 1 rings (SSSR count). The Balaban J connectivity index is 2.66. The van der Waals surface area contributed by atoms with Crippen LogP contribution in [0, 0.1) is 0 Å². The Hall–Kier alpha value is -1.02. The normalized spacial score (nSPS) is 12.6. The van der Waals surface area contributed by atoms with Crippen molar-refractivity contribution in [2.45, 2.75) is 26.4 Å². The average Bonchev–Trinajstić information content (AvgIpc) is 2.17. The molecule has 0 saturated carbocycles. The lowest BCUT2D eigenvalue weighted by atomic mass is 10.1. The number of likely N-dealkylation sites (N-methyl/N-ethyl adjacent to an activating group) is 1. The maximum Gasteiger partial charge on any atom is 0.0686 e. The fraction of sp³-hybridized carbons (Fsp3) is 0.500. The van der Waals surface area contributed by atoms with Crippen LogP contribution in [0.2, 0.25) is 0 Å². The van der Waals surface area contributed by atoms with Crippen LogP contribution >= 0.6 is 0 Å². The molecule has 0 saturated heterocycles. The Labute approximate surface area is 86.2 Å². The van der Waals surface area contributed by atoms with E-state index in [0.717, 1.165) is 12.1 Å². The predicted molar refractivity (Wildman–Crippen MR) is 60.8 cm³/mol. The Morgan fingerprint density at radius 2 is 1.86 bits per heavy atom. The summed E-state index contributed by atoms with van der Waals surface area (Å²) in [4.78, 5) is 2.06. The van der Waals surface area contributed by atoms with Crippen molar-refractivity contribution in [1.82, 2.24) is 0 Å². The maximum absolute atomic E-state index is 9.24. The van der Waals surface area contributed by atoms with Crippen LogP contribution < -0.4 is 4.90 Å². The summed E-state index contributed by atoms with van der Waals surface area (Å²) < 4.78 is 0. The van der Waals surface area contributed by atoms with Crippen molar-refractivity contribution < 1.29 is 5.11 Å². The van der Waals surface area contributed by atoms with Crippen molar-refractivity contribution in [3.63, 3.8) is 0 Å². The minimum atomic E-state index is -0.286. The third-order valence-electron chi connectivity index (χ3n) is 2.32. The lowest BCUT2D eigenvalue weighted by Gasteiger charge is -2.20. The van der Waals surface area contributed by atoms with Gasteiger partial charge in [-0.25, -0.2) is 0 Å². The molecule has 0 heterocycles. The lowest BCUT2D eigenvalue weighted by molar-refractivity contribution is 0.201. The molecule has 0 aromatic heterocycles. The molecule has 0 aliphatic heterocycles. The van der Waals surface area contributed by atoms with E-state index < -0.39 is 0 Å². The third kappa shape index (κ3) is 3.04. The van der Waals surface area contributed by atoms with Crippen molar-refractivity contribution >= 4 is 5.69 Å². The van der Waals surface area contributed by atoms with Gasteiger partial charge in [0.25, 0.3) is 0 Å². The monoisotopic (exact) mass is 193 g/mol. The molecule has 1 aromatic rings. The number of benzene rings is 1. The van der Waals surface area contributed by atoms with Crippen LogP contribution in [0.5, 0.6) is 0 Å². The summed E-state index contributed by atoms with van der Waals surface area (Å²) in [5.41, 5.74) is 2.50. The van der Waals surface area contributed by atoms with E-state index in [1.807, 2.05) is 7.05 Å². The Kier molecular flexibility index (Phi) is 3.96. The number of nitrogens with zero attached hydrogens (tertiary/aromatic N) is 1. The quantitative estimate of drug-likeness (QED) is 0.791. The largest absolute Gasteiger partial charge is 0.392 e. The van der Waals surface area contributed by atoms with E-state index in [0.29, 0.717) is 6.54 Å². The van der Waals surface area contributed by atoms with Crippen molar-refractivity contribution in [2.24, 2.45) is 0 Å². The highest BCUT2D eigenvalue weighted by Gasteiger charge is 2.03. The molecule has 0 fully saturated rings. The molecule has 0 aliphatic carbocycles. The first-order valence-corrected chi connectivity index (χ1v) is 5.11. The van der Waals surface area contributed by atoms with Crippen LogP contribution in [-0.4, -0.2) is 24.8 Å². The number of aliphatic hydroxyl groups excluding tert-OH is 1. The van der Waals surface area contributed by atoms with Gasteiger partial charge in [0.2, 0.25) is 0 Å². The summed E-state index contributed by atoms with van der Waals surface area (Å²) in [6, 6.07) is 8.46. The maximum atomic E-state index is 9.24. The first-order chi connectivity index (χ1) is 6.63. The topological polar surface area (TPSA) is 23.5 Å². The summed E-state index contributed by atoms with van der Waals surface area (Å²) in [5.74, 6) is 0. The zero-order valence-electron chi connectivity index (χ0n) is 9.20. The number of hydrogen-bond donors (Lipinski definition) is 1. The zero-order chi connectivity index (χ0) is 10.6. The zero-order valence-corrected chi connectivity index (χ0v) is 9.20. The van der Waals surface area contributed by atoms with Gasteiger partial charge >= 0.3 is 0 Å².